The number of pyridine rings is 2. The summed E-state index contributed by atoms with van der Waals surface area (Å²) in [6.45, 7) is 2.05. The lowest BCUT2D eigenvalue weighted by Crippen LogP contribution is -2.30. The van der Waals surface area contributed by atoms with Crippen LogP contribution in [0, 0.1) is 0 Å². The van der Waals surface area contributed by atoms with Crippen molar-refractivity contribution in [1.82, 2.24) is 39.9 Å². The maximum atomic E-state index is 4.89. The van der Waals surface area contributed by atoms with Gasteiger partial charge in [-0.2, -0.15) is 10.2 Å². The molecule has 1 saturated heterocycles. The Morgan fingerprint density at radius 1 is 0.967 bits per heavy atom. The second kappa shape index (κ2) is 6.65. The summed E-state index contributed by atoms with van der Waals surface area (Å²) in [6, 6.07) is 5.92. The van der Waals surface area contributed by atoms with Gasteiger partial charge >= 0.3 is 0 Å². The van der Waals surface area contributed by atoms with Crippen LogP contribution < -0.4 is 4.90 Å². The Hall–Kier alpha value is -3.75. The number of anilines is 1. The van der Waals surface area contributed by atoms with Gasteiger partial charge in [-0.15, -0.1) is 0 Å². The van der Waals surface area contributed by atoms with Gasteiger partial charge in [0.1, 0.15) is 11.0 Å². The molecule has 1 aliphatic heterocycles. The van der Waals surface area contributed by atoms with Gasteiger partial charge in [-0.1, -0.05) is 0 Å². The number of H-pyrrole nitrogens is 2. The van der Waals surface area contributed by atoms with E-state index in [1.54, 1.807) is 4.68 Å². The van der Waals surface area contributed by atoms with Gasteiger partial charge in [0.05, 0.1) is 22.9 Å². The number of aromatic nitrogens is 8. The van der Waals surface area contributed by atoms with Gasteiger partial charge in [0.2, 0.25) is 0 Å². The van der Waals surface area contributed by atoms with Gasteiger partial charge in [0, 0.05) is 38.1 Å². The van der Waals surface area contributed by atoms with Crippen LogP contribution in [0.4, 0.5) is 5.82 Å². The number of fused-ring (bicyclic) bond motifs is 2. The van der Waals surface area contributed by atoms with Crippen LogP contribution in [0.15, 0.2) is 36.8 Å². The molecule has 6 rings (SSSR count). The molecular formula is C21H21N9. The van der Waals surface area contributed by atoms with E-state index in [-0.39, 0.29) is 0 Å². The third-order valence-corrected chi connectivity index (χ3v) is 5.67. The summed E-state index contributed by atoms with van der Waals surface area (Å²) in [7, 11) is 1.90. The van der Waals surface area contributed by atoms with Crippen molar-refractivity contribution in [3.05, 3.63) is 36.8 Å². The first kappa shape index (κ1) is 17.1. The fourth-order valence-corrected chi connectivity index (χ4v) is 4.15. The number of piperidine rings is 1. The van der Waals surface area contributed by atoms with Gasteiger partial charge in [0.15, 0.2) is 17.3 Å². The minimum absolute atomic E-state index is 0.693. The van der Waals surface area contributed by atoms with Gasteiger partial charge in [-0.05, 0) is 37.5 Å². The molecule has 1 aliphatic rings. The van der Waals surface area contributed by atoms with Crippen molar-refractivity contribution in [3.8, 4) is 22.8 Å². The number of aromatic amines is 2. The Morgan fingerprint density at radius 3 is 2.70 bits per heavy atom. The normalized spacial score (nSPS) is 14.8. The minimum atomic E-state index is 0.693. The highest BCUT2D eigenvalue weighted by atomic mass is 15.2. The highest BCUT2D eigenvalue weighted by Crippen LogP contribution is 2.30. The number of hydrogen-bond acceptors (Lipinski definition) is 6. The smallest absolute Gasteiger partial charge is 0.161 e. The molecule has 2 N–H and O–H groups in total. The van der Waals surface area contributed by atoms with E-state index in [1.807, 2.05) is 43.8 Å². The topological polar surface area (TPSA) is 104 Å². The Morgan fingerprint density at radius 2 is 1.87 bits per heavy atom. The van der Waals surface area contributed by atoms with Crippen molar-refractivity contribution < 1.29 is 0 Å². The first-order chi connectivity index (χ1) is 14.8. The lowest BCUT2D eigenvalue weighted by Gasteiger charge is -2.27. The standard InChI is InChI=1S/C21H21N9/c1-29-12-13(11-23-29)14-5-6-16-17(24-14)19(28-27-16)20-25-15-7-8-22-21(18(15)26-20)30-9-3-2-4-10-30/h5-8,11-12H,2-4,9-10H2,1H3,(H,25,26)(H,27,28). The van der Waals surface area contributed by atoms with Crippen molar-refractivity contribution in [2.75, 3.05) is 18.0 Å². The molecule has 9 nitrogen and oxygen atoms in total. The van der Waals surface area contributed by atoms with Crippen LogP contribution in [-0.4, -0.2) is 53.0 Å². The molecule has 0 aromatic carbocycles. The minimum Gasteiger partial charge on any atom is -0.355 e. The highest BCUT2D eigenvalue weighted by molar-refractivity contribution is 5.93. The average Bonchev–Trinajstić information content (AvgIpc) is 3.50. The maximum absolute atomic E-state index is 4.89. The monoisotopic (exact) mass is 399 g/mol. The molecule has 0 radical (unpaired) electrons. The summed E-state index contributed by atoms with van der Waals surface area (Å²) in [5.74, 6) is 1.64. The van der Waals surface area contributed by atoms with Gasteiger partial charge < -0.3 is 9.88 Å². The predicted octanol–water partition coefficient (Wildman–Crippen LogP) is 3.29. The quantitative estimate of drug-likeness (QED) is 0.482. The second-order valence-electron chi connectivity index (χ2n) is 7.73. The average molecular weight is 399 g/mol. The van der Waals surface area contributed by atoms with Crippen LogP contribution >= 0.6 is 0 Å². The number of nitrogens with one attached hydrogen (secondary N) is 2. The SMILES string of the molecule is Cn1cc(-c2ccc3[nH]nc(-c4nc5c(N6CCCCC6)nccc5[nH]4)c3n2)cn1. The summed E-state index contributed by atoms with van der Waals surface area (Å²) in [4.78, 5) is 20.1. The molecule has 1 fully saturated rings. The summed E-state index contributed by atoms with van der Waals surface area (Å²) in [6.07, 6.45) is 9.27. The summed E-state index contributed by atoms with van der Waals surface area (Å²) < 4.78 is 1.77. The van der Waals surface area contributed by atoms with E-state index >= 15 is 0 Å². The Bertz CT molecular complexity index is 1350. The fraction of sp³-hybridized carbons (Fsp3) is 0.286. The summed E-state index contributed by atoms with van der Waals surface area (Å²) >= 11 is 0. The molecule has 0 amide bonds. The van der Waals surface area contributed by atoms with E-state index in [0.717, 1.165) is 52.2 Å². The molecule has 5 aromatic rings. The Balaban J connectivity index is 1.47. The molecule has 0 aliphatic carbocycles. The molecule has 9 heteroatoms. The Labute approximate surface area is 172 Å². The molecule has 0 bridgehead atoms. The first-order valence-electron chi connectivity index (χ1n) is 10.2. The number of rotatable bonds is 3. The van der Waals surface area contributed by atoms with E-state index in [4.69, 9.17) is 9.97 Å². The largest absolute Gasteiger partial charge is 0.355 e. The molecule has 0 unspecified atom stereocenters. The lowest BCUT2D eigenvalue weighted by molar-refractivity contribution is 0.574. The second-order valence-corrected chi connectivity index (χ2v) is 7.73. The summed E-state index contributed by atoms with van der Waals surface area (Å²) in [5, 5.41) is 11.8. The molecule has 30 heavy (non-hydrogen) atoms. The van der Waals surface area contributed by atoms with Crippen LogP contribution in [0.2, 0.25) is 0 Å². The van der Waals surface area contributed by atoms with Gasteiger partial charge in [-0.25, -0.2) is 15.0 Å². The number of imidazole rings is 1. The van der Waals surface area contributed by atoms with Crippen molar-refractivity contribution in [1.29, 1.82) is 0 Å². The predicted molar refractivity (Wildman–Crippen MR) is 115 cm³/mol. The molecule has 5 aromatic heterocycles. The van der Waals surface area contributed by atoms with E-state index in [1.165, 1.54) is 19.3 Å². The fourth-order valence-electron chi connectivity index (χ4n) is 4.15. The van der Waals surface area contributed by atoms with Crippen molar-refractivity contribution in [2.45, 2.75) is 19.3 Å². The van der Waals surface area contributed by atoms with Crippen LogP contribution in [-0.2, 0) is 7.05 Å². The van der Waals surface area contributed by atoms with Crippen molar-refractivity contribution in [2.24, 2.45) is 7.05 Å². The van der Waals surface area contributed by atoms with Crippen LogP contribution in [0.25, 0.3) is 44.8 Å². The molecule has 150 valence electrons. The highest BCUT2D eigenvalue weighted by Gasteiger charge is 2.20. The lowest BCUT2D eigenvalue weighted by atomic mass is 10.1. The molecule has 6 heterocycles. The maximum Gasteiger partial charge on any atom is 0.161 e. The van der Waals surface area contributed by atoms with Crippen LogP contribution in [0.5, 0.6) is 0 Å². The third kappa shape index (κ3) is 2.73. The molecule has 0 saturated carbocycles. The van der Waals surface area contributed by atoms with E-state index in [2.05, 4.69) is 30.2 Å². The van der Waals surface area contributed by atoms with Gasteiger partial charge in [0.25, 0.3) is 0 Å². The molecule has 0 spiro atoms. The Kier molecular flexibility index (Phi) is 3.80. The van der Waals surface area contributed by atoms with E-state index in [0.29, 0.717) is 11.5 Å². The number of aryl methyl sites for hydroxylation is 1. The number of hydrogen-bond donors (Lipinski definition) is 2. The zero-order valence-electron chi connectivity index (χ0n) is 16.6. The first-order valence-corrected chi connectivity index (χ1v) is 10.2. The van der Waals surface area contributed by atoms with Gasteiger partial charge in [-0.3, -0.25) is 9.78 Å². The zero-order valence-corrected chi connectivity index (χ0v) is 16.6. The summed E-state index contributed by atoms with van der Waals surface area (Å²) in [5.41, 5.74) is 6.01. The van der Waals surface area contributed by atoms with Crippen molar-refractivity contribution >= 4 is 27.9 Å². The zero-order chi connectivity index (χ0) is 20.1. The van der Waals surface area contributed by atoms with Crippen molar-refractivity contribution in [3.63, 3.8) is 0 Å². The number of nitrogens with zero attached hydrogens (tertiary/aromatic N) is 7. The van der Waals surface area contributed by atoms with E-state index in [9.17, 15) is 0 Å². The van der Waals surface area contributed by atoms with Crippen LogP contribution in [0.1, 0.15) is 19.3 Å². The third-order valence-electron chi connectivity index (χ3n) is 5.67. The molecular weight excluding hydrogens is 378 g/mol. The van der Waals surface area contributed by atoms with E-state index < -0.39 is 0 Å². The molecule has 0 atom stereocenters. The van der Waals surface area contributed by atoms with Crippen LogP contribution in [0.3, 0.4) is 0 Å².